The van der Waals surface area contributed by atoms with Gasteiger partial charge in [-0.1, -0.05) is 0 Å². The molecule has 0 radical (unpaired) electrons. The zero-order valence-corrected chi connectivity index (χ0v) is 16.5. The van der Waals surface area contributed by atoms with Crippen LogP contribution in [0.3, 0.4) is 0 Å². The largest absolute Gasteiger partial charge is 0.492 e. The average molecular weight is 425 g/mol. The van der Waals surface area contributed by atoms with Crippen LogP contribution in [0.1, 0.15) is 19.4 Å². The minimum Gasteiger partial charge on any atom is -0.492 e. The predicted octanol–water partition coefficient (Wildman–Crippen LogP) is 4.45. The second-order valence-corrected chi connectivity index (χ2v) is 7.36. The zero-order valence-electron chi connectivity index (χ0n) is 15.6. The monoisotopic (exact) mass is 425 g/mol. The highest BCUT2D eigenvalue weighted by Crippen LogP contribution is 2.38. The van der Waals surface area contributed by atoms with Gasteiger partial charge >= 0.3 is 11.5 Å². The third kappa shape index (κ3) is 4.64. The van der Waals surface area contributed by atoms with Crippen molar-refractivity contribution in [1.29, 1.82) is 0 Å². The van der Waals surface area contributed by atoms with E-state index in [0.29, 0.717) is 17.9 Å². The van der Waals surface area contributed by atoms with Gasteiger partial charge in [0.15, 0.2) is 0 Å². The summed E-state index contributed by atoms with van der Waals surface area (Å²) >= 11 is -0.256. The molecule has 0 bridgehead atoms. The number of hydrogen-bond acceptors (Lipinski definition) is 5. The summed E-state index contributed by atoms with van der Waals surface area (Å²) in [5, 5.41) is 0. The Balaban J connectivity index is 1.81. The lowest BCUT2D eigenvalue weighted by atomic mass is 10.2. The van der Waals surface area contributed by atoms with Crippen LogP contribution in [0.5, 0.6) is 5.75 Å². The Morgan fingerprint density at radius 3 is 2.48 bits per heavy atom. The Labute approximate surface area is 169 Å². The van der Waals surface area contributed by atoms with Crippen LogP contribution in [-0.4, -0.2) is 40.0 Å². The van der Waals surface area contributed by atoms with Gasteiger partial charge in [0.25, 0.3) is 5.91 Å². The van der Waals surface area contributed by atoms with Crippen molar-refractivity contribution in [2.24, 2.45) is 0 Å². The number of nitrogens with zero attached hydrogens (tertiary/aromatic N) is 3. The van der Waals surface area contributed by atoms with Crippen LogP contribution < -0.4 is 9.64 Å². The van der Waals surface area contributed by atoms with Crippen molar-refractivity contribution >= 4 is 29.4 Å². The first-order valence-electron chi connectivity index (χ1n) is 8.77. The number of carbonyl (C=O) groups is 2. The van der Waals surface area contributed by atoms with Gasteiger partial charge in [0, 0.05) is 16.7 Å². The summed E-state index contributed by atoms with van der Waals surface area (Å²) in [4.78, 5) is 31.9. The number of halogens is 3. The molecule has 6 nitrogen and oxygen atoms in total. The highest BCUT2D eigenvalue weighted by Gasteiger charge is 2.43. The van der Waals surface area contributed by atoms with Crippen LogP contribution in [0.25, 0.3) is 0 Å². The molecule has 1 atom stereocenters. The molecule has 0 saturated carbocycles. The van der Waals surface area contributed by atoms with Crippen LogP contribution in [0, 0.1) is 0 Å². The summed E-state index contributed by atoms with van der Waals surface area (Å²) in [6.45, 7) is 4.00. The Kier molecular flexibility index (Phi) is 6.02. The van der Waals surface area contributed by atoms with Crippen molar-refractivity contribution in [3.8, 4) is 5.75 Å². The van der Waals surface area contributed by atoms with Crippen molar-refractivity contribution in [3.63, 3.8) is 0 Å². The van der Waals surface area contributed by atoms with E-state index in [-0.39, 0.29) is 28.9 Å². The summed E-state index contributed by atoms with van der Waals surface area (Å²) in [5.74, 6) is 0.0765. The molecule has 2 aromatic rings. The van der Waals surface area contributed by atoms with Crippen molar-refractivity contribution in [1.82, 2.24) is 9.88 Å². The molecule has 1 unspecified atom stereocenters. The lowest BCUT2D eigenvalue weighted by molar-refractivity contribution is -0.119. The first-order valence-corrected chi connectivity index (χ1v) is 9.59. The fourth-order valence-corrected chi connectivity index (χ4v) is 3.50. The van der Waals surface area contributed by atoms with Crippen LogP contribution in [0.4, 0.5) is 23.7 Å². The summed E-state index contributed by atoms with van der Waals surface area (Å²) in [5.41, 5.74) is -3.48. The Morgan fingerprint density at radius 2 is 1.86 bits per heavy atom. The summed E-state index contributed by atoms with van der Waals surface area (Å²) < 4.78 is 43.0. The third-order valence-electron chi connectivity index (χ3n) is 4.32. The lowest BCUT2D eigenvalue weighted by Gasteiger charge is -2.20. The van der Waals surface area contributed by atoms with Crippen molar-refractivity contribution in [2.45, 2.75) is 36.8 Å². The van der Waals surface area contributed by atoms with Gasteiger partial charge in [-0.15, -0.1) is 0 Å². The number of rotatable bonds is 6. The second-order valence-electron chi connectivity index (χ2n) is 6.22. The average Bonchev–Trinajstić information content (AvgIpc) is 2.86. The molecule has 29 heavy (non-hydrogen) atoms. The first-order chi connectivity index (χ1) is 13.7. The molecule has 154 valence electrons. The van der Waals surface area contributed by atoms with Crippen LogP contribution >= 0.6 is 11.8 Å². The number of imide groups is 1. The number of carbonyl (C=O) groups excluding carboxylic acids is 2. The Morgan fingerprint density at radius 1 is 1.17 bits per heavy atom. The molecule has 10 heteroatoms. The van der Waals surface area contributed by atoms with Crippen LogP contribution in [0.2, 0.25) is 0 Å². The lowest BCUT2D eigenvalue weighted by Crippen LogP contribution is -2.33. The number of thioether (sulfide) groups is 1. The molecule has 2 heterocycles. The van der Waals surface area contributed by atoms with E-state index in [1.807, 2.05) is 6.92 Å². The smallest absolute Gasteiger partial charge is 0.446 e. The Bertz CT molecular complexity index is 906. The molecule has 1 aliphatic heterocycles. The molecule has 1 aromatic carbocycles. The number of anilines is 1. The van der Waals surface area contributed by atoms with Crippen LogP contribution in [-0.2, 0) is 11.3 Å². The molecule has 1 saturated heterocycles. The molecule has 3 amide bonds. The number of ether oxygens (including phenoxy) is 1. The zero-order chi connectivity index (χ0) is 21.2. The van der Waals surface area contributed by atoms with Gasteiger partial charge in [-0.25, -0.2) is 9.69 Å². The fourth-order valence-electron chi connectivity index (χ4n) is 2.96. The molecule has 0 aliphatic carbocycles. The van der Waals surface area contributed by atoms with E-state index < -0.39 is 23.5 Å². The highest BCUT2D eigenvalue weighted by atomic mass is 32.2. The van der Waals surface area contributed by atoms with Crippen LogP contribution in [0.15, 0.2) is 47.6 Å². The molecular weight excluding hydrogens is 407 g/mol. The van der Waals surface area contributed by atoms with Gasteiger partial charge in [0.2, 0.25) is 0 Å². The number of aromatic nitrogens is 1. The van der Waals surface area contributed by atoms with E-state index in [2.05, 4.69) is 4.98 Å². The summed E-state index contributed by atoms with van der Waals surface area (Å²) in [6.07, 6.45) is 3.11. The standard InChI is InChI=1S/C19H18F3N3O3S/c1-3-28-16-10-23-9-8-13(16)11-24-12(2)17(26)25(18(24)27)14-4-6-15(7-5-14)29-19(20,21)22/h4-10,12H,3,11H2,1-2H3. The van der Waals surface area contributed by atoms with Gasteiger partial charge in [0.05, 0.1) is 25.0 Å². The topological polar surface area (TPSA) is 62.7 Å². The van der Waals surface area contributed by atoms with Crippen molar-refractivity contribution < 1.29 is 27.5 Å². The Hall–Kier alpha value is -2.75. The van der Waals surface area contributed by atoms with E-state index in [9.17, 15) is 22.8 Å². The number of hydrogen-bond donors (Lipinski definition) is 0. The maximum absolute atomic E-state index is 12.9. The van der Waals surface area contributed by atoms with E-state index >= 15 is 0 Å². The summed E-state index contributed by atoms with van der Waals surface area (Å²) in [6, 6.07) is 5.57. The molecule has 1 aliphatic rings. The molecular formula is C19H18F3N3O3S. The summed E-state index contributed by atoms with van der Waals surface area (Å²) in [7, 11) is 0. The van der Waals surface area contributed by atoms with Gasteiger partial charge in [-0.2, -0.15) is 13.2 Å². The molecule has 0 N–H and O–H groups in total. The van der Waals surface area contributed by atoms with Gasteiger partial charge in [-0.05, 0) is 55.9 Å². The number of pyridine rings is 1. The number of benzene rings is 1. The van der Waals surface area contributed by atoms with E-state index in [0.717, 1.165) is 4.90 Å². The normalized spacial score (nSPS) is 17.2. The van der Waals surface area contributed by atoms with E-state index in [1.54, 1.807) is 25.4 Å². The number of alkyl halides is 3. The fraction of sp³-hybridized carbons (Fsp3) is 0.316. The maximum Gasteiger partial charge on any atom is 0.446 e. The van der Waals surface area contributed by atoms with Gasteiger partial charge in [-0.3, -0.25) is 9.78 Å². The number of urea groups is 1. The highest BCUT2D eigenvalue weighted by molar-refractivity contribution is 8.00. The van der Waals surface area contributed by atoms with E-state index in [4.69, 9.17) is 4.74 Å². The maximum atomic E-state index is 12.9. The molecule has 1 fully saturated rings. The van der Waals surface area contributed by atoms with Gasteiger partial charge in [0.1, 0.15) is 11.8 Å². The van der Waals surface area contributed by atoms with Gasteiger partial charge < -0.3 is 9.64 Å². The van der Waals surface area contributed by atoms with E-state index in [1.165, 1.54) is 29.2 Å². The number of amides is 3. The first kappa shape index (κ1) is 21.0. The molecule has 3 rings (SSSR count). The quantitative estimate of drug-likeness (QED) is 0.506. The molecule has 1 aromatic heterocycles. The third-order valence-corrected chi connectivity index (χ3v) is 5.06. The predicted molar refractivity (Wildman–Crippen MR) is 102 cm³/mol. The SMILES string of the molecule is CCOc1cnccc1CN1C(=O)N(c2ccc(SC(F)(F)F)cc2)C(=O)C1C. The van der Waals surface area contributed by atoms with Crippen molar-refractivity contribution in [2.75, 3.05) is 11.5 Å². The minimum atomic E-state index is -4.41. The minimum absolute atomic E-state index is 0.0246. The molecule has 0 spiro atoms. The second kappa shape index (κ2) is 8.32. The van der Waals surface area contributed by atoms with Crippen molar-refractivity contribution in [3.05, 3.63) is 48.3 Å².